The highest BCUT2D eigenvalue weighted by Gasteiger charge is 2.41. The molecule has 0 aliphatic carbocycles. The summed E-state index contributed by atoms with van der Waals surface area (Å²) in [7, 11) is -2.63. The van der Waals surface area contributed by atoms with E-state index < -0.39 is 8.07 Å². The molecule has 0 radical (unpaired) electrons. The molecule has 10 rings (SSSR count). The maximum absolute atomic E-state index is 2.63. The summed E-state index contributed by atoms with van der Waals surface area (Å²) < 4.78 is 4.78. The highest BCUT2D eigenvalue weighted by Crippen LogP contribution is 2.38. The monoisotopic (exact) mass is 666 g/mol. The summed E-state index contributed by atoms with van der Waals surface area (Å²) in [4.78, 5) is 0. The summed E-state index contributed by atoms with van der Waals surface area (Å²) >= 11 is 0. The smallest absolute Gasteiger partial charge is 0.179 e. The number of fused-ring (bicyclic) bond motifs is 6. The van der Waals surface area contributed by atoms with Crippen molar-refractivity contribution in [2.45, 2.75) is 0 Å². The first-order chi connectivity index (χ1) is 25.3. The Kier molecular flexibility index (Phi) is 6.86. The highest BCUT2D eigenvalue weighted by molar-refractivity contribution is 7.19. The van der Waals surface area contributed by atoms with Gasteiger partial charge in [-0.05, 0) is 74.7 Å². The Bertz CT molecular complexity index is 2720. The Morgan fingerprint density at radius 2 is 0.882 bits per heavy atom. The van der Waals surface area contributed by atoms with Crippen LogP contribution in [0.25, 0.3) is 54.9 Å². The van der Waals surface area contributed by atoms with Crippen molar-refractivity contribution in [1.82, 2.24) is 9.13 Å². The zero-order chi connectivity index (χ0) is 33.8. The van der Waals surface area contributed by atoms with E-state index in [1.807, 2.05) is 0 Å². The van der Waals surface area contributed by atoms with Gasteiger partial charge in [-0.3, -0.25) is 0 Å². The van der Waals surface area contributed by atoms with Gasteiger partial charge in [0.05, 0.1) is 16.6 Å². The lowest BCUT2D eigenvalue weighted by atomic mass is 10.0. The molecule has 0 aliphatic rings. The molecular weight excluding hydrogens is 633 g/mol. The van der Waals surface area contributed by atoms with Gasteiger partial charge in [0.15, 0.2) is 8.07 Å². The van der Waals surface area contributed by atoms with E-state index in [-0.39, 0.29) is 0 Å². The van der Waals surface area contributed by atoms with E-state index >= 15 is 0 Å². The number of aromatic nitrogens is 2. The first-order valence-corrected chi connectivity index (χ1v) is 19.6. The van der Waals surface area contributed by atoms with E-state index in [1.54, 1.807) is 0 Å². The van der Waals surface area contributed by atoms with Crippen LogP contribution in [0.2, 0.25) is 0 Å². The van der Waals surface area contributed by atoms with E-state index in [0.29, 0.717) is 0 Å². The third-order valence-corrected chi connectivity index (χ3v) is 15.5. The molecule has 2 heterocycles. The minimum absolute atomic E-state index is 1.16. The minimum Gasteiger partial charge on any atom is -0.317 e. The quantitative estimate of drug-likeness (QED) is 0.124. The average Bonchev–Trinajstić information content (AvgIpc) is 3.78. The second-order valence-electron chi connectivity index (χ2n) is 13.4. The fourth-order valence-electron chi connectivity index (χ4n) is 8.42. The van der Waals surface area contributed by atoms with Crippen LogP contribution in [0.5, 0.6) is 0 Å². The van der Waals surface area contributed by atoms with E-state index in [4.69, 9.17) is 0 Å². The third-order valence-electron chi connectivity index (χ3n) is 10.7. The molecule has 2 aromatic heterocycles. The van der Waals surface area contributed by atoms with Crippen LogP contribution in [-0.2, 0) is 0 Å². The van der Waals surface area contributed by atoms with E-state index in [2.05, 4.69) is 216 Å². The predicted octanol–water partition coefficient (Wildman–Crippen LogP) is 9.26. The summed E-state index contributed by atoms with van der Waals surface area (Å²) in [6, 6.07) is 74.0. The molecule has 10 aromatic rings. The Hall–Kier alpha value is -6.42. The Morgan fingerprint density at radius 1 is 0.333 bits per heavy atom. The molecule has 0 amide bonds. The van der Waals surface area contributed by atoms with Gasteiger partial charge in [-0.25, -0.2) is 0 Å². The van der Waals surface area contributed by atoms with Crippen molar-refractivity contribution in [2.75, 3.05) is 0 Å². The number of benzene rings is 8. The fraction of sp³-hybridized carbons (Fsp3) is 0. The van der Waals surface area contributed by atoms with Crippen LogP contribution in [0.4, 0.5) is 0 Å². The number of hydrogen-bond acceptors (Lipinski definition) is 0. The number of para-hydroxylation sites is 2. The largest absolute Gasteiger partial charge is 0.317 e. The van der Waals surface area contributed by atoms with Gasteiger partial charge in [0, 0.05) is 39.1 Å². The van der Waals surface area contributed by atoms with Gasteiger partial charge in [0.1, 0.15) is 0 Å². The van der Waals surface area contributed by atoms with E-state index in [0.717, 1.165) is 11.4 Å². The molecule has 0 atom stereocenters. The van der Waals surface area contributed by atoms with Crippen molar-refractivity contribution in [3.05, 3.63) is 206 Å². The minimum atomic E-state index is -2.63. The number of hydrogen-bond donors (Lipinski definition) is 0. The second-order valence-corrected chi connectivity index (χ2v) is 17.2. The second kappa shape index (κ2) is 11.9. The summed E-state index contributed by atoms with van der Waals surface area (Å²) in [6.07, 6.45) is 2.19. The molecule has 8 aromatic carbocycles. The maximum atomic E-state index is 2.48. The van der Waals surface area contributed by atoms with Crippen molar-refractivity contribution in [2.24, 2.45) is 0 Å². The molecule has 240 valence electrons. The first kappa shape index (κ1) is 29.5. The highest BCUT2D eigenvalue weighted by atomic mass is 28.3. The van der Waals surface area contributed by atoms with E-state index in [1.165, 1.54) is 64.2 Å². The molecule has 51 heavy (non-hydrogen) atoms. The molecule has 0 fully saturated rings. The SMILES string of the molecule is c1ccc(-n2ccc3cc4ccc5c6ccccc6n(-c6ccc([Si](c7ccccc7)(c7ccccc7)c7ccccc7)cc6)c5c4cc32)cc1. The molecular formula is C48H34N2Si. The predicted molar refractivity (Wildman–Crippen MR) is 219 cm³/mol. The molecule has 0 aliphatic heterocycles. The van der Waals surface area contributed by atoms with Crippen molar-refractivity contribution in [3.63, 3.8) is 0 Å². The van der Waals surface area contributed by atoms with Gasteiger partial charge in [-0.15, -0.1) is 0 Å². The van der Waals surface area contributed by atoms with Crippen molar-refractivity contribution in [3.8, 4) is 11.4 Å². The van der Waals surface area contributed by atoms with Crippen LogP contribution in [0.1, 0.15) is 0 Å². The summed E-state index contributed by atoms with van der Waals surface area (Å²) in [6.45, 7) is 0. The molecule has 0 saturated carbocycles. The van der Waals surface area contributed by atoms with Gasteiger partial charge < -0.3 is 9.13 Å². The fourth-order valence-corrected chi connectivity index (χ4v) is 13.2. The van der Waals surface area contributed by atoms with Gasteiger partial charge >= 0.3 is 0 Å². The first-order valence-electron chi connectivity index (χ1n) is 17.6. The zero-order valence-electron chi connectivity index (χ0n) is 28.0. The lowest BCUT2D eigenvalue weighted by molar-refractivity contribution is 1.13. The lowest BCUT2D eigenvalue weighted by Crippen LogP contribution is -2.74. The van der Waals surface area contributed by atoms with Crippen LogP contribution in [0, 0.1) is 0 Å². The topological polar surface area (TPSA) is 9.86 Å². The summed E-state index contributed by atoms with van der Waals surface area (Å²) in [5, 5.41) is 11.8. The molecule has 0 unspecified atom stereocenters. The number of nitrogens with zero attached hydrogens (tertiary/aromatic N) is 2. The number of rotatable bonds is 6. The van der Waals surface area contributed by atoms with Gasteiger partial charge in [0.25, 0.3) is 0 Å². The van der Waals surface area contributed by atoms with Crippen molar-refractivity contribution < 1.29 is 0 Å². The molecule has 0 saturated heterocycles. The van der Waals surface area contributed by atoms with Crippen LogP contribution in [-0.4, -0.2) is 17.2 Å². The molecule has 3 heteroatoms. The van der Waals surface area contributed by atoms with Crippen molar-refractivity contribution >= 4 is 72.3 Å². The normalized spacial score (nSPS) is 11.9. The molecule has 2 nitrogen and oxygen atoms in total. The van der Waals surface area contributed by atoms with Crippen LogP contribution in [0.3, 0.4) is 0 Å². The van der Waals surface area contributed by atoms with Gasteiger partial charge in [-0.2, -0.15) is 0 Å². The lowest BCUT2D eigenvalue weighted by Gasteiger charge is -2.34. The van der Waals surface area contributed by atoms with Crippen LogP contribution < -0.4 is 20.7 Å². The summed E-state index contributed by atoms with van der Waals surface area (Å²) in [5.41, 5.74) is 5.98. The van der Waals surface area contributed by atoms with Crippen LogP contribution >= 0.6 is 0 Å². The Balaban J connectivity index is 1.24. The Labute approximate surface area is 298 Å². The average molecular weight is 667 g/mol. The summed E-state index contributed by atoms with van der Waals surface area (Å²) in [5.74, 6) is 0. The van der Waals surface area contributed by atoms with Crippen molar-refractivity contribution in [1.29, 1.82) is 0 Å². The van der Waals surface area contributed by atoms with Gasteiger partial charge in [0.2, 0.25) is 0 Å². The van der Waals surface area contributed by atoms with Gasteiger partial charge in [-0.1, -0.05) is 152 Å². The maximum Gasteiger partial charge on any atom is 0.179 e. The van der Waals surface area contributed by atoms with Crippen LogP contribution in [0.15, 0.2) is 206 Å². The molecule has 0 spiro atoms. The molecule has 0 N–H and O–H groups in total. The Morgan fingerprint density at radius 3 is 1.51 bits per heavy atom. The zero-order valence-corrected chi connectivity index (χ0v) is 29.0. The van der Waals surface area contributed by atoms with E-state index in [9.17, 15) is 0 Å². The standard InChI is InChI=1S/C48H34N2Si/c1-5-15-37(16-6-1)49-32-31-36-33-35-25-30-44-43-23-13-14-24-46(43)50(48(44)45(35)34-47(36)49)38-26-28-42(29-27-38)51(39-17-7-2-8-18-39,40-19-9-3-10-20-40)41-21-11-4-12-22-41/h1-34H. The molecule has 0 bridgehead atoms. The third kappa shape index (κ3) is 4.56.